The molecule has 8 nitrogen and oxygen atoms in total. The standard InChI is InChI=1S/C28H30N4O4/c1-6-35-28(34)22-15-29-32(25-14-19(5)21-9-7-8-10-23(21)30-25)27(22)31-26(33)16-36-24-13-18(4)11-12-20(24)17(2)3/h7-15,17H,6,16H2,1-5H3,(H,31,33). The highest BCUT2D eigenvalue weighted by Gasteiger charge is 2.23. The smallest absolute Gasteiger partial charge is 0.343 e. The van der Waals surface area contributed by atoms with E-state index >= 15 is 0 Å². The second-order valence-corrected chi connectivity index (χ2v) is 8.89. The van der Waals surface area contributed by atoms with Gasteiger partial charge in [0.25, 0.3) is 5.91 Å². The average Bonchev–Trinajstić information content (AvgIpc) is 3.26. The number of nitrogens with one attached hydrogen (secondary N) is 1. The predicted octanol–water partition coefficient (Wildman–Crippen LogP) is 5.35. The maximum atomic E-state index is 13.0. The third-order valence-corrected chi connectivity index (χ3v) is 5.80. The summed E-state index contributed by atoms with van der Waals surface area (Å²) >= 11 is 0. The highest BCUT2D eigenvalue weighted by molar-refractivity contribution is 6.01. The lowest BCUT2D eigenvalue weighted by atomic mass is 10.0. The van der Waals surface area contributed by atoms with Crippen molar-refractivity contribution in [3.8, 4) is 11.6 Å². The number of fused-ring (bicyclic) bond motifs is 1. The van der Waals surface area contributed by atoms with Gasteiger partial charge in [-0.05, 0) is 61.6 Å². The van der Waals surface area contributed by atoms with E-state index in [2.05, 4.69) is 24.3 Å². The van der Waals surface area contributed by atoms with Crippen LogP contribution in [0.25, 0.3) is 16.7 Å². The SMILES string of the molecule is CCOC(=O)c1cnn(-c2cc(C)c3ccccc3n2)c1NC(=O)COc1cc(C)ccc1C(C)C. The molecule has 2 aromatic heterocycles. The second kappa shape index (κ2) is 10.6. The van der Waals surface area contributed by atoms with Crippen molar-refractivity contribution in [3.63, 3.8) is 0 Å². The first-order valence-corrected chi connectivity index (χ1v) is 11.9. The van der Waals surface area contributed by atoms with Gasteiger partial charge >= 0.3 is 5.97 Å². The number of hydrogen-bond donors (Lipinski definition) is 1. The van der Waals surface area contributed by atoms with E-state index in [0.29, 0.717) is 11.6 Å². The molecule has 0 radical (unpaired) electrons. The highest BCUT2D eigenvalue weighted by Crippen LogP contribution is 2.28. The maximum absolute atomic E-state index is 13.0. The van der Waals surface area contributed by atoms with Gasteiger partial charge in [0, 0.05) is 5.39 Å². The first kappa shape index (κ1) is 24.9. The van der Waals surface area contributed by atoms with Crippen LogP contribution in [0, 0.1) is 13.8 Å². The Hall–Kier alpha value is -4.20. The van der Waals surface area contributed by atoms with E-state index in [1.54, 1.807) is 6.92 Å². The van der Waals surface area contributed by atoms with Crippen LogP contribution in [0.2, 0.25) is 0 Å². The Labute approximate surface area is 210 Å². The lowest BCUT2D eigenvalue weighted by Gasteiger charge is -2.15. The number of pyridine rings is 1. The van der Waals surface area contributed by atoms with Crippen LogP contribution in [-0.4, -0.2) is 39.9 Å². The molecule has 2 heterocycles. The lowest BCUT2D eigenvalue weighted by Crippen LogP contribution is -2.24. The van der Waals surface area contributed by atoms with Crippen molar-refractivity contribution in [2.75, 3.05) is 18.5 Å². The molecule has 0 bridgehead atoms. The molecule has 36 heavy (non-hydrogen) atoms. The molecule has 4 rings (SSSR count). The summed E-state index contributed by atoms with van der Waals surface area (Å²) in [6, 6.07) is 15.6. The van der Waals surface area contributed by atoms with Gasteiger partial charge in [0.05, 0.1) is 18.3 Å². The number of rotatable bonds is 8. The molecule has 2 aromatic carbocycles. The third kappa shape index (κ3) is 5.22. The summed E-state index contributed by atoms with van der Waals surface area (Å²) in [5.41, 5.74) is 3.96. The van der Waals surface area contributed by atoms with E-state index in [1.807, 2.05) is 62.4 Å². The fourth-order valence-corrected chi connectivity index (χ4v) is 4.00. The normalized spacial score (nSPS) is 11.1. The van der Waals surface area contributed by atoms with Crippen LogP contribution in [0.3, 0.4) is 0 Å². The minimum Gasteiger partial charge on any atom is -0.483 e. The summed E-state index contributed by atoms with van der Waals surface area (Å²) in [7, 11) is 0. The Balaban J connectivity index is 1.65. The van der Waals surface area contributed by atoms with Crippen LogP contribution < -0.4 is 10.1 Å². The van der Waals surface area contributed by atoms with Crippen molar-refractivity contribution in [2.45, 2.75) is 40.5 Å². The van der Waals surface area contributed by atoms with Gasteiger partial charge in [0.2, 0.25) is 0 Å². The largest absolute Gasteiger partial charge is 0.483 e. The average molecular weight is 487 g/mol. The van der Waals surface area contributed by atoms with Crippen LogP contribution in [0.1, 0.15) is 53.7 Å². The molecular weight excluding hydrogens is 456 g/mol. The van der Waals surface area contributed by atoms with Crippen molar-refractivity contribution in [1.29, 1.82) is 0 Å². The Kier molecular flexibility index (Phi) is 7.33. The van der Waals surface area contributed by atoms with E-state index in [4.69, 9.17) is 14.5 Å². The molecule has 186 valence electrons. The van der Waals surface area contributed by atoms with Crippen molar-refractivity contribution in [1.82, 2.24) is 14.8 Å². The topological polar surface area (TPSA) is 95.3 Å². The van der Waals surface area contributed by atoms with Crippen LogP contribution >= 0.6 is 0 Å². The molecule has 0 spiro atoms. The van der Waals surface area contributed by atoms with Crippen LogP contribution in [0.5, 0.6) is 5.75 Å². The van der Waals surface area contributed by atoms with Gasteiger partial charge in [-0.3, -0.25) is 4.79 Å². The zero-order valence-corrected chi connectivity index (χ0v) is 21.2. The Morgan fingerprint density at radius 3 is 2.61 bits per heavy atom. The van der Waals surface area contributed by atoms with E-state index < -0.39 is 11.9 Å². The van der Waals surface area contributed by atoms with Crippen LogP contribution in [-0.2, 0) is 9.53 Å². The summed E-state index contributed by atoms with van der Waals surface area (Å²) in [6.45, 7) is 9.76. The molecule has 0 aliphatic carbocycles. The Morgan fingerprint density at radius 2 is 1.86 bits per heavy atom. The van der Waals surface area contributed by atoms with E-state index in [9.17, 15) is 9.59 Å². The summed E-state index contributed by atoms with van der Waals surface area (Å²) in [4.78, 5) is 30.3. The number of benzene rings is 2. The molecule has 0 aliphatic heterocycles. The predicted molar refractivity (Wildman–Crippen MR) is 139 cm³/mol. The van der Waals surface area contributed by atoms with E-state index in [-0.39, 0.29) is 30.5 Å². The molecule has 1 N–H and O–H groups in total. The highest BCUT2D eigenvalue weighted by atomic mass is 16.5. The fourth-order valence-electron chi connectivity index (χ4n) is 4.00. The molecule has 1 amide bonds. The first-order valence-electron chi connectivity index (χ1n) is 11.9. The summed E-state index contributed by atoms with van der Waals surface area (Å²) in [5, 5.41) is 8.16. The monoisotopic (exact) mass is 486 g/mol. The molecule has 4 aromatic rings. The number of amides is 1. The molecule has 0 fully saturated rings. The lowest BCUT2D eigenvalue weighted by molar-refractivity contribution is -0.118. The quantitative estimate of drug-likeness (QED) is 0.337. The number of esters is 1. The molecule has 0 unspecified atom stereocenters. The van der Waals surface area contributed by atoms with Crippen LogP contribution in [0.4, 0.5) is 5.82 Å². The van der Waals surface area contributed by atoms with Gasteiger partial charge in [0.1, 0.15) is 11.3 Å². The third-order valence-electron chi connectivity index (χ3n) is 5.80. The minimum absolute atomic E-state index is 0.135. The van der Waals surface area contributed by atoms with Gasteiger partial charge in [-0.1, -0.05) is 44.2 Å². The summed E-state index contributed by atoms with van der Waals surface area (Å²) in [5.74, 6) is 0.527. The number of aryl methyl sites for hydroxylation is 2. The maximum Gasteiger partial charge on any atom is 0.343 e. The van der Waals surface area contributed by atoms with Gasteiger partial charge in [-0.2, -0.15) is 9.78 Å². The number of para-hydroxylation sites is 1. The van der Waals surface area contributed by atoms with E-state index in [0.717, 1.165) is 27.6 Å². The van der Waals surface area contributed by atoms with Crippen molar-refractivity contribution in [3.05, 3.63) is 77.0 Å². The Bertz CT molecular complexity index is 1420. The van der Waals surface area contributed by atoms with Crippen molar-refractivity contribution >= 4 is 28.6 Å². The first-order chi connectivity index (χ1) is 17.3. The fraction of sp³-hybridized carbons (Fsp3) is 0.286. The zero-order chi connectivity index (χ0) is 25.8. The number of anilines is 1. The van der Waals surface area contributed by atoms with Crippen molar-refractivity contribution in [2.24, 2.45) is 0 Å². The second-order valence-electron chi connectivity index (χ2n) is 8.89. The van der Waals surface area contributed by atoms with Gasteiger partial charge in [-0.25, -0.2) is 9.78 Å². The van der Waals surface area contributed by atoms with E-state index in [1.165, 1.54) is 10.9 Å². The summed E-state index contributed by atoms with van der Waals surface area (Å²) in [6.07, 6.45) is 1.37. The van der Waals surface area contributed by atoms with Crippen LogP contribution in [0.15, 0.2) is 54.7 Å². The summed E-state index contributed by atoms with van der Waals surface area (Å²) < 4.78 is 12.5. The number of carbonyl (C=O) groups excluding carboxylic acids is 2. The molecular formula is C28H30N4O4. The van der Waals surface area contributed by atoms with Crippen molar-refractivity contribution < 1.29 is 19.1 Å². The zero-order valence-electron chi connectivity index (χ0n) is 21.2. The van der Waals surface area contributed by atoms with Gasteiger partial charge < -0.3 is 14.8 Å². The number of carbonyl (C=O) groups is 2. The number of aromatic nitrogens is 3. The molecule has 8 heteroatoms. The molecule has 0 saturated heterocycles. The van der Waals surface area contributed by atoms with Gasteiger partial charge in [0.15, 0.2) is 18.2 Å². The molecule has 0 saturated carbocycles. The minimum atomic E-state index is -0.585. The number of hydrogen-bond acceptors (Lipinski definition) is 6. The molecule has 0 aliphatic rings. The number of nitrogens with zero attached hydrogens (tertiary/aromatic N) is 3. The Morgan fingerprint density at radius 1 is 1.08 bits per heavy atom. The van der Waals surface area contributed by atoms with Gasteiger partial charge in [-0.15, -0.1) is 0 Å². The number of ether oxygens (including phenoxy) is 2. The molecule has 0 atom stereocenters.